The molecule has 1 aliphatic rings. The Balaban J connectivity index is 1.68. The molecule has 1 heterocycles. The number of nitrogens with zero attached hydrogens (tertiary/aromatic N) is 3. The van der Waals surface area contributed by atoms with Crippen LogP contribution in [0, 0.1) is 12.3 Å². The van der Waals surface area contributed by atoms with Crippen LogP contribution >= 0.6 is 0 Å². The Bertz CT molecular complexity index is 626. The number of aryl methyl sites for hydroxylation is 1. The molecule has 5 nitrogen and oxygen atoms in total. The van der Waals surface area contributed by atoms with E-state index < -0.39 is 0 Å². The average Bonchev–Trinajstić information content (AvgIpc) is 3.15. The first kappa shape index (κ1) is 15.2. The van der Waals surface area contributed by atoms with Crippen LogP contribution in [0.25, 0.3) is 5.69 Å². The van der Waals surface area contributed by atoms with Gasteiger partial charge in [0.2, 0.25) is 0 Å². The van der Waals surface area contributed by atoms with E-state index in [1.54, 1.807) is 17.3 Å². The Morgan fingerprint density at radius 1 is 1.45 bits per heavy atom. The van der Waals surface area contributed by atoms with Crippen molar-refractivity contribution in [1.29, 1.82) is 0 Å². The molecule has 2 atom stereocenters. The van der Waals surface area contributed by atoms with Gasteiger partial charge < -0.3 is 10.4 Å². The highest BCUT2D eigenvalue weighted by molar-refractivity contribution is 5.41. The van der Waals surface area contributed by atoms with Crippen LogP contribution in [0.5, 0.6) is 0 Å². The van der Waals surface area contributed by atoms with Gasteiger partial charge in [0.25, 0.3) is 0 Å². The van der Waals surface area contributed by atoms with Gasteiger partial charge in [-0.2, -0.15) is 5.10 Å². The molecule has 1 aromatic heterocycles. The summed E-state index contributed by atoms with van der Waals surface area (Å²) in [6, 6.07) is 6.80. The molecule has 2 aromatic rings. The van der Waals surface area contributed by atoms with E-state index in [4.69, 9.17) is 0 Å². The third kappa shape index (κ3) is 2.91. The molecule has 1 fully saturated rings. The van der Waals surface area contributed by atoms with Gasteiger partial charge in [0, 0.05) is 24.6 Å². The zero-order valence-electron chi connectivity index (χ0n) is 13.3. The summed E-state index contributed by atoms with van der Waals surface area (Å²) in [5, 5.41) is 17.4. The maximum Gasteiger partial charge on any atom is 0.138 e. The lowest BCUT2D eigenvalue weighted by Gasteiger charge is -2.30. The molecular weight excluding hydrogens is 276 g/mol. The van der Waals surface area contributed by atoms with Crippen molar-refractivity contribution in [2.75, 3.05) is 6.61 Å². The third-order valence-electron chi connectivity index (χ3n) is 4.92. The Morgan fingerprint density at radius 3 is 3.00 bits per heavy atom. The fourth-order valence-corrected chi connectivity index (χ4v) is 3.43. The summed E-state index contributed by atoms with van der Waals surface area (Å²) < 4.78 is 1.78. The van der Waals surface area contributed by atoms with Crippen molar-refractivity contribution < 1.29 is 5.11 Å². The van der Waals surface area contributed by atoms with E-state index in [9.17, 15) is 5.11 Å². The predicted molar refractivity (Wildman–Crippen MR) is 85.8 cm³/mol. The van der Waals surface area contributed by atoms with E-state index >= 15 is 0 Å². The minimum atomic E-state index is 0.0235. The second kappa shape index (κ2) is 6.18. The van der Waals surface area contributed by atoms with Crippen molar-refractivity contribution in [3.8, 4) is 5.69 Å². The minimum Gasteiger partial charge on any atom is -0.396 e. The molecule has 0 spiro atoms. The van der Waals surface area contributed by atoms with Crippen LogP contribution in [0.4, 0.5) is 0 Å². The molecular formula is C17H24N4O. The lowest BCUT2D eigenvalue weighted by molar-refractivity contribution is 0.118. The van der Waals surface area contributed by atoms with Gasteiger partial charge in [0.1, 0.15) is 12.7 Å². The molecule has 0 saturated heterocycles. The molecule has 1 aliphatic carbocycles. The first-order valence-electron chi connectivity index (χ1n) is 7.91. The van der Waals surface area contributed by atoms with E-state index in [1.807, 2.05) is 0 Å². The molecule has 1 saturated carbocycles. The highest BCUT2D eigenvalue weighted by Gasteiger charge is 2.37. The summed E-state index contributed by atoms with van der Waals surface area (Å²) >= 11 is 0. The standard InChI is InChI=1S/C17H24N4O/c1-13-8-14(5-6-15(13)21-12-18-11-20-21)9-19-16-4-3-7-17(16,2)10-22/h5-6,8,11-12,16,19,22H,3-4,7,9-10H2,1-2H3. The van der Waals surface area contributed by atoms with Gasteiger partial charge in [0.05, 0.1) is 5.69 Å². The Hall–Kier alpha value is -1.72. The van der Waals surface area contributed by atoms with Gasteiger partial charge in [-0.15, -0.1) is 0 Å². The van der Waals surface area contributed by atoms with Crippen molar-refractivity contribution in [2.45, 2.75) is 45.7 Å². The van der Waals surface area contributed by atoms with Crippen molar-refractivity contribution in [2.24, 2.45) is 5.41 Å². The first-order valence-corrected chi connectivity index (χ1v) is 7.91. The van der Waals surface area contributed by atoms with Gasteiger partial charge >= 0.3 is 0 Å². The first-order chi connectivity index (χ1) is 10.6. The summed E-state index contributed by atoms with van der Waals surface area (Å²) in [5.74, 6) is 0. The monoisotopic (exact) mass is 300 g/mol. The molecule has 118 valence electrons. The number of hydrogen-bond acceptors (Lipinski definition) is 4. The third-order valence-corrected chi connectivity index (χ3v) is 4.92. The van der Waals surface area contributed by atoms with Crippen LogP contribution in [0.1, 0.15) is 37.3 Å². The molecule has 0 amide bonds. The summed E-state index contributed by atoms with van der Waals surface area (Å²) in [5.41, 5.74) is 3.52. The molecule has 0 aliphatic heterocycles. The fraction of sp³-hybridized carbons (Fsp3) is 0.529. The summed E-state index contributed by atoms with van der Waals surface area (Å²) in [7, 11) is 0. The second-order valence-electron chi connectivity index (χ2n) is 6.60. The quantitative estimate of drug-likeness (QED) is 0.889. The topological polar surface area (TPSA) is 63.0 Å². The average molecular weight is 300 g/mol. The summed E-state index contributed by atoms with van der Waals surface area (Å²) in [4.78, 5) is 3.99. The number of aliphatic hydroxyl groups excluding tert-OH is 1. The van der Waals surface area contributed by atoms with E-state index in [1.165, 1.54) is 17.5 Å². The zero-order chi connectivity index (χ0) is 15.6. The number of benzene rings is 1. The van der Waals surface area contributed by atoms with Crippen LogP contribution in [0.3, 0.4) is 0 Å². The SMILES string of the molecule is Cc1cc(CNC2CCCC2(C)CO)ccc1-n1cncn1. The predicted octanol–water partition coefficient (Wildman–Crippen LogP) is 2.22. The number of rotatable bonds is 5. The Labute approximate surface area is 131 Å². The van der Waals surface area contributed by atoms with Crippen molar-refractivity contribution >= 4 is 0 Å². The van der Waals surface area contributed by atoms with E-state index in [-0.39, 0.29) is 12.0 Å². The molecule has 22 heavy (non-hydrogen) atoms. The van der Waals surface area contributed by atoms with Crippen LogP contribution in [0.15, 0.2) is 30.9 Å². The molecule has 0 radical (unpaired) electrons. The van der Waals surface area contributed by atoms with Crippen molar-refractivity contribution in [3.63, 3.8) is 0 Å². The minimum absolute atomic E-state index is 0.0235. The normalized spacial score (nSPS) is 24.8. The lowest BCUT2D eigenvalue weighted by atomic mass is 9.85. The highest BCUT2D eigenvalue weighted by atomic mass is 16.3. The van der Waals surface area contributed by atoms with Gasteiger partial charge in [-0.1, -0.05) is 25.5 Å². The van der Waals surface area contributed by atoms with Gasteiger partial charge in [-0.3, -0.25) is 0 Å². The van der Waals surface area contributed by atoms with Crippen molar-refractivity contribution in [3.05, 3.63) is 42.0 Å². The van der Waals surface area contributed by atoms with Crippen LogP contribution < -0.4 is 5.32 Å². The molecule has 0 bridgehead atoms. The van der Waals surface area contributed by atoms with Gasteiger partial charge in [0.15, 0.2) is 0 Å². The second-order valence-corrected chi connectivity index (χ2v) is 6.60. The maximum absolute atomic E-state index is 9.62. The van der Waals surface area contributed by atoms with E-state index in [2.05, 4.69) is 47.4 Å². The highest BCUT2D eigenvalue weighted by Crippen LogP contribution is 2.37. The summed E-state index contributed by atoms with van der Waals surface area (Å²) in [6.45, 7) is 5.36. The van der Waals surface area contributed by atoms with Gasteiger partial charge in [-0.25, -0.2) is 9.67 Å². The number of aliphatic hydroxyl groups is 1. The lowest BCUT2D eigenvalue weighted by Crippen LogP contribution is -2.41. The van der Waals surface area contributed by atoms with Crippen LogP contribution in [0.2, 0.25) is 0 Å². The smallest absolute Gasteiger partial charge is 0.138 e. The molecule has 5 heteroatoms. The number of nitrogens with one attached hydrogen (secondary N) is 1. The largest absolute Gasteiger partial charge is 0.396 e. The maximum atomic E-state index is 9.62. The fourth-order valence-electron chi connectivity index (χ4n) is 3.43. The molecule has 2 N–H and O–H groups in total. The zero-order valence-corrected chi connectivity index (χ0v) is 13.3. The Morgan fingerprint density at radius 2 is 2.32 bits per heavy atom. The van der Waals surface area contributed by atoms with Crippen LogP contribution in [-0.2, 0) is 6.54 Å². The van der Waals surface area contributed by atoms with E-state index in [0.29, 0.717) is 6.04 Å². The number of aromatic nitrogens is 3. The van der Waals surface area contributed by atoms with Crippen LogP contribution in [-0.4, -0.2) is 32.5 Å². The molecule has 2 unspecified atom stereocenters. The number of hydrogen-bond donors (Lipinski definition) is 2. The van der Waals surface area contributed by atoms with E-state index in [0.717, 1.165) is 25.1 Å². The molecule has 3 rings (SSSR count). The Kier molecular flexibility index (Phi) is 4.27. The van der Waals surface area contributed by atoms with Crippen molar-refractivity contribution in [1.82, 2.24) is 20.1 Å². The summed E-state index contributed by atoms with van der Waals surface area (Å²) in [6.07, 6.45) is 6.70. The molecule has 1 aromatic carbocycles. The van der Waals surface area contributed by atoms with Gasteiger partial charge in [-0.05, 0) is 37.0 Å².